The van der Waals surface area contributed by atoms with Crippen molar-refractivity contribution in [3.8, 4) is 10.6 Å². The minimum absolute atomic E-state index is 0.651. The van der Waals surface area contributed by atoms with Gasteiger partial charge in [-0.25, -0.2) is 4.98 Å². The Balaban J connectivity index is 1.72. The zero-order valence-corrected chi connectivity index (χ0v) is 12.2. The van der Waals surface area contributed by atoms with Crippen molar-refractivity contribution >= 4 is 22.7 Å². The number of hydrogen-bond acceptors (Lipinski definition) is 4. The summed E-state index contributed by atoms with van der Waals surface area (Å²) in [5.41, 5.74) is 1.16. The molecule has 3 heterocycles. The summed E-state index contributed by atoms with van der Waals surface area (Å²) in [6.45, 7) is 3.38. The summed E-state index contributed by atoms with van der Waals surface area (Å²) >= 11 is 3.67. The Labute approximate surface area is 116 Å². The Bertz CT molecular complexity index is 509. The molecule has 2 aromatic heterocycles. The predicted octanol–water partition coefficient (Wildman–Crippen LogP) is 3.73. The van der Waals surface area contributed by atoms with Gasteiger partial charge in [-0.05, 0) is 37.9 Å². The molecule has 1 unspecified atom stereocenters. The van der Waals surface area contributed by atoms with Crippen LogP contribution in [0.25, 0.3) is 10.6 Å². The molecule has 96 valence electrons. The van der Waals surface area contributed by atoms with Crippen molar-refractivity contribution in [3.05, 3.63) is 27.4 Å². The van der Waals surface area contributed by atoms with Gasteiger partial charge >= 0.3 is 0 Å². The topological polar surface area (TPSA) is 24.9 Å². The molecule has 18 heavy (non-hydrogen) atoms. The number of aromatic nitrogens is 1. The fraction of sp³-hybridized carbons (Fsp3) is 0.500. The SMILES string of the molecule is CCc1ccc(-c2csc(CC3CCCN3)n2)s1. The average molecular weight is 278 g/mol. The van der Waals surface area contributed by atoms with Crippen LogP contribution in [0.4, 0.5) is 0 Å². The maximum Gasteiger partial charge on any atom is 0.0948 e. The van der Waals surface area contributed by atoms with E-state index < -0.39 is 0 Å². The zero-order chi connectivity index (χ0) is 12.4. The van der Waals surface area contributed by atoms with E-state index in [-0.39, 0.29) is 0 Å². The van der Waals surface area contributed by atoms with Gasteiger partial charge in [0.1, 0.15) is 0 Å². The maximum atomic E-state index is 4.78. The fourth-order valence-electron chi connectivity index (χ4n) is 2.37. The highest BCUT2D eigenvalue weighted by molar-refractivity contribution is 7.16. The van der Waals surface area contributed by atoms with Gasteiger partial charge in [-0.2, -0.15) is 0 Å². The Hall–Kier alpha value is -0.710. The molecule has 0 aliphatic carbocycles. The number of nitrogens with zero attached hydrogens (tertiary/aromatic N) is 1. The van der Waals surface area contributed by atoms with Crippen LogP contribution in [-0.2, 0) is 12.8 Å². The molecule has 2 nitrogen and oxygen atoms in total. The van der Waals surface area contributed by atoms with Gasteiger partial charge < -0.3 is 5.32 Å². The molecule has 1 fully saturated rings. The first kappa shape index (κ1) is 12.3. The van der Waals surface area contributed by atoms with E-state index in [1.54, 1.807) is 11.3 Å². The molecule has 3 rings (SSSR count). The number of thiophene rings is 1. The summed E-state index contributed by atoms with van der Waals surface area (Å²) in [6, 6.07) is 5.08. The monoisotopic (exact) mass is 278 g/mol. The molecule has 1 saturated heterocycles. The van der Waals surface area contributed by atoms with Crippen molar-refractivity contribution in [1.29, 1.82) is 0 Å². The second-order valence-electron chi connectivity index (χ2n) is 4.74. The van der Waals surface area contributed by atoms with Crippen LogP contribution in [0.2, 0.25) is 0 Å². The average Bonchev–Trinajstić information content (AvgIpc) is 3.09. The molecule has 1 aliphatic heterocycles. The summed E-state index contributed by atoms with van der Waals surface area (Å²) in [4.78, 5) is 7.54. The van der Waals surface area contributed by atoms with Crippen molar-refractivity contribution < 1.29 is 0 Å². The van der Waals surface area contributed by atoms with E-state index in [0.29, 0.717) is 6.04 Å². The van der Waals surface area contributed by atoms with E-state index in [2.05, 4.69) is 29.8 Å². The molecule has 0 amide bonds. The van der Waals surface area contributed by atoms with Crippen molar-refractivity contribution in [2.45, 2.75) is 38.6 Å². The van der Waals surface area contributed by atoms with E-state index in [1.165, 1.54) is 34.1 Å². The summed E-state index contributed by atoms with van der Waals surface area (Å²) < 4.78 is 0. The van der Waals surface area contributed by atoms with Crippen LogP contribution in [0.3, 0.4) is 0 Å². The van der Waals surface area contributed by atoms with Gasteiger partial charge in [-0.1, -0.05) is 6.92 Å². The van der Waals surface area contributed by atoms with Crippen molar-refractivity contribution in [2.75, 3.05) is 6.54 Å². The molecule has 1 atom stereocenters. The lowest BCUT2D eigenvalue weighted by Crippen LogP contribution is -2.23. The van der Waals surface area contributed by atoms with Crippen LogP contribution >= 0.6 is 22.7 Å². The van der Waals surface area contributed by atoms with Gasteiger partial charge in [0, 0.05) is 22.7 Å². The number of nitrogens with one attached hydrogen (secondary N) is 1. The third kappa shape index (κ3) is 2.66. The predicted molar refractivity (Wildman–Crippen MR) is 79.5 cm³/mol. The molecule has 0 aromatic carbocycles. The second kappa shape index (κ2) is 5.51. The highest BCUT2D eigenvalue weighted by Crippen LogP contribution is 2.30. The first-order chi connectivity index (χ1) is 8.85. The minimum Gasteiger partial charge on any atom is -0.314 e. The van der Waals surface area contributed by atoms with Crippen molar-refractivity contribution in [2.24, 2.45) is 0 Å². The molecule has 0 saturated carbocycles. The van der Waals surface area contributed by atoms with Gasteiger partial charge in [-0.15, -0.1) is 22.7 Å². The summed E-state index contributed by atoms with van der Waals surface area (Å²) in [6.07, 6.45) is 4.83. The molecular formula is C14H18N2S2. The van der Waals surface area contributed by atoms with Gasteiger partial charge in [0.2, 0.25) is 0 Å². The maximum absolute atomic E-state index is 4.78. The normalized spacial score (nSPS) is 19.5. The van der Waals surface area contributed by atoms with Crippen LogP contribution in [0.5, 0.6) is 0 Å². The molecule has 1 aliphatic rings. The minimum atomic E-state index is 0.651. The molecule has 1 N–H and O–H groups in total. The first-order valence-corrected chi connectivity index (χ1v) is 8.31. The fourth-order valence-corrected chi connectivity index (χ4v) is 4.22. The third-order valence-corrected chi connectivity index (χ3v) is 5.52. The zero-order valence-electron chi connectivity index (χ0n) is 10.6. The second-order valence-corrected chi connectivity index (χ2v) is 6.85. The highest BCUT2D eigenvalue weighted by Gasteiger charge is 2.16. The highest BCUT2D eigenvalue weighted by atomic mass is 32.1. The molecule has 0 spiro atoms. The number of rotatable bonds is 4. The smallest absolute Gasteiger partial charge is 0.0948 e. The van der Waals surface area contributed by atoms with Crippen molar-refractivity contribution in [3.63, 3.8) is 0 Å². The standard InChI is InChI=1S/C14H18N2S2/c1-2-11-5-6-13(18-11)12-9-17-14(16-12)8-10-4-3-7-15-10/h5-6,9-10,15H,2-4,7-8H2,1H3. The van der Waals surface area contributed by atoms with Crippen LogP contribution in [0, 0.1) is 0 Å². The van der Waals surface area contributed by atoms with Crippen molar-refractivity contribution in [1.82, 2.24) is 10.3 Å². The van der Waals surface area contributed by atoms with E-state index in [9.17, 15) is 0 Å². The number of thiazole rings is 1. The number of hydrogen-bond donors (Lipinski definition) is 1. The van der Waals surface area contributed by atoms with E-state index >= 15 is 0 Å². The van der Waals surface area contributed by atoms with E-state index in [4.69, 9.17) is 4.98 Å². The lowest BCUT2D eigenvalue weighted by Gasteiger charge is -2.06. The summed E-state index contributed by atoms with van der Waals surface area (Å²) in [5.74, 6) is 0. The van der Waals surface area contributed by atoms with Crippen LogP contribution < -0.4 is 5.32 Å². The lowest BCUT2D eigenvalue weighted by molar-refractivity contribution is 0.601. The summed E-state index contributed by atoms with van der Waals surface area (Å²) in [5, 5.41) is 7.01. The third-order valence-electron chi connectivity index (χ3n) is 3.40. The Kier molecular flexibility index (Phi) is 3.77. The van der Waals surface area contributed by atoms with Crippen LogP contribution in [0.15, 0.2) is 17.5 Å². The Morgan fingerprint density at radius 3 is 3.11 bits per heavy atom. The van der Waals surface area contributed by atoms with Crippen LogP contribution in [0.1, 0.15) is 29.7 Å². The Morgan fingerprint density at radius 2 is 2.39 bits per heavy atom. The van der Waals surface area contributed by atoms with Gasteiger partial charge in [0.25, 0.3) is 0 Å². The molecule has 0 radical (unpaired) electrons. The molecule has 4 heteroatoms. The molecular weight excluding hydrogens is 260 g/mol. The largest absolute Gasteiger partial charge is 0.314 e. The quantitative estimate of drug-likeness (QED) is 0.922. The number of aryl methyl sites for hydroxylation is 1. The van der Waals surface area contributed by atoms with E-state index in [1.807, 2.05) is 11.3 Å². The lowest BCUT2D eigenvalue weighted by atomic mass is 10.2. The molecule has 2 aromatic rings. The summed E-state index contributed by atoms with van der Waals surface area (Å²) in [7, 11) is 0. The first-order valence-electron chi connectivity index (χ1n) is 6.62. The van der Waals surface area contributed by atoms with Gasteiger partial charge in [0.15, 0.2) is 0 Å². The molecule has 0 bridgehead atoms. The van der Waals surface area contributed by atoms with Crippen LogP contribution in [-0.4, -0.2) is 17.6 Å². The van der Waals surface area contributed by atoms with Gasteiger partial charge in [0.05, 0.1) is 15.6 Å². The Morgan fingerprint density at radius 1 is 1.44 bits per heavy atom. The van der Waals surface area contributed by atoms with E-state index in [0.717, 1.165) is 18.5 Å². The van der Waals surface area contributed by atoms with Gasteiger partial charge in [-0.3, -0.25) is 0 Å².